The molecule has 2 heterocycles. The summed E-state index contributed by atoms with van der Waals surface area (Å²) in [5, 5.41) is 9.90. The Balaban J connectivity index is 2.57. The first-order valence-electron chi connectivity index (χ1n) is 4.50. The molecule has 0 unspecified atom stereocenters. The maximum Gasteiger partial charge on any atom is 0.257 e. The van der Waals surface area contributed by atoms with Crippen molar-refractivity contribution in [2.75, 3.05) is 0 Å². The number of rotatable bonds is 1. The molecule has 2 aromatic rings. The van der Waals surface area contributed by atoms with Gasteiger partial charge in [-0.05, 0) is 19.1 Å². The number of H-pyrrole nitrogens is 1. The third-order valence-corrected chi connectivity index (χ3v) is 2.32. The first-order chi connectivity index (χ1) is 7.58. The van der Waals surface area contributed by atoms with Gasteiger partial charge in [0.2, 0.25) is 5.88 Å². The molecule has 2 N–H and O–H groups in total. The summed E-state index contributed by atoms with van der Waals surface area (Å²) in [5.41, 5.74) is 0.230. The topological polar surface area (TPSA) is 78.9 Å². The van der Waals surface area contributed by atoms with Gasteiger partial charge in [-0.25, -0.2) is 0 Å². The van der Waals surface area contributed by atoms with Crippen LogP contribution in [-0.2, 0) is 0 Å². The van der Waals surface area contributed by atoms with Gasteiger partial charge in [-0.2, -0.15) is 4.98 Å². The van der Waals surface area contributed by atoms with E-state index in [1.807, 2.05) is 0 Å². The minimum Gasteiger partial charge on any atom is -0.493 e. The standard InChI is InChI=1S/C10H8ClN3O2/c1-5-9(15)13-8(14-10(5)16)7-3-2-6(11)4-12-7/h2-4H,1H3,(H2,13,14,15,16). The fraction of sp³-hybridized carbons (Fsp3) is 0.100. The summed E-state index contributed by atoms with van der Waals surface area (Å²) in [5.74, 6) is -0.0831. The highest BCUT2D eigenvalue weighted by Crippen LogP contribution is 2.16. The van der Waals surface area contributed by atoms with E-state index in [-0.39, 0.29) is 22.8 Å². The Morgan fingerprint density at radius 1 is 1.44 bits per heavy atom. The van der Waals surface area contributed by atoms with Gasteiger partial charge in [0.05, 0.1) is 10.6 Å². The summed E-state index contributed by atoms with van der Waals surface area (Å²) >= 11 is 5.68. The van der Waals surface area contributed by atoms with Gasteiger partial charge >= 0.3 is 0 Å². The molecule has 2 rings (SSSR count). The molecule has 0 amide bonds. The Morgan fingerprint density at radius 3 is 2.75 bits per heavy atom. The summed E-state index contributed by atoms with van der Waals surface area (Å²) in [4.78, 5) is 21.7. The highest BCUT2D eigenvalue weighted by Gasteiger charge is 2.08. The van der Waals surface area contributed by atoms with Gasteiger partial charge in [0.25, 0.3) is 5.56 Å². The molecule has 0 saturated heterocycles. The van der Waals surface area contributed by atoms with Gasteiger partial charge in [0.1, 0.15) is 5.69 Å². The number of hydrogen-bond donors (Lipinski definition) is 2. The van der Waals surface area contributed by atoms with E-state index in [9.17, 15) is 9.90 Å². The molecule has 16 heavy (non-hydrogen) atoms. The Hall–Kier alpha value is -1.88. The van der Waals surface area contributed by atoms with Crippen molar-refractivity contribution >= 4 is 11.6 Å². The van der Waals surface area contributed by atoms with Crippen LogP contribution in [-0.4, -0.2) is 20.1 Å². The third-order valence-electron chi connectivity index (χ3n) is 2.10. The summed E-state index contributed by atoms with van der Waals surface area (Å²) in [6, 6.07) is 3.23. The van der Waals surface area contributed by atoms with E-state index in [1.165, 1.54) is 13.1 Å². The highest BCUT2D eigenvalue weighted by atomic mass is 35.5. The molecule has 0 fully saturated rings. The van der Waals surface area contributed by atoms with E-state index >= 15 is 0 Å². The van der Waals surface area contributed by atoms with Gasteiger partial charge in [0, 0.05) is 6.20 Å². The van der Waals surface area contributed by atoms with E-state index < -0.39 is 0 Å². The molecule has 0 aliphatic carbocycles. The number of nitrogens with one attached hydrogen (secondary N) is 1. The number of aromatic hydroxyl groups is 1. The van der Waals surface area contributed by atoms with Crippen molar-refractivity contribution in [2.45, 2.75) is 6.92 Å². The monoisotopic (exact) mass is 237 g/mol. The molecule has 2 aromatic heterocycles. The van der Waals surface area contributed by atoms with Crippen LogP contribution in [0, 0.1) is 6.92 Å². The van der Waals surface area contributed by atoms with Crippen LogP contribution < -0.4 is 5.56 Å². The second-order valence-electron chi connectivity index (χ2n) is 3.22. The second kappa shape index (κ2) is 3.94. The number of pyridine rings is 1. The SMILES string of the molecule is Cc1c(O)nc(-c2ccc(Cl)cn2)[nH]c1=O. The smallest absolute Gasteiger partial charge is 0.257 e. The molecule has 0 bridgehead atoms. The van der Waals surface area contributed by atoms with Crippen molar-refractivity contribution in [2.24, 2.45) is 0 Å². The number of aromatic amines is 1. The first kappa shape index (κ1) is 10.6. The van der Waals surface area contributed by atoms with Crippen LogP contribution in [0.2, 0.25) is 5.02 Å². The molecule has 0 radical (unpaired) electrons. The number of halogens is 1. The van der Waals surface area contributed by atoms with Crippen molar-refractivity contribution in [3.63, 3.8) is 0 Å². The zero-order chi connectivity index (χ0) is 11.7. The van der Waals surface area contributed by atoms with Crippen LogP contribution in [0.4, 0.5) is 0 Å². The van der Waals surface area contributed by atoms with Gasteiger partial charge in [-0.15, -0.1) is 0 Å². The lowest BCUT2D eigenvalue weighted by atomic mass is 10.3. The van der Waals surface area contributed by atoms with Gasteiger partial charge in [0.15, 0.2) is 5.82 Å². The molecule has 0 aliphatic rings. The molecule has 82 valence electrons. The number of nitrogens with zero attached hydrogens (tertiary/aromatic N) is 2. The average molecular weight is 238 g/mol. The number of hydrogen-bond acceptors (Lipinski definition) is 4. The minimum absolute atomic E-state index is 0.178. The summed E-state index contributed by atoms with van der Waals surface area (Å²) in [6.45, 7) is 1.49. The average Bonchev–Trinajstić information content (AvgIpc) is 2.26. The van der Waals surface area contributed by atoms with Crippen molar-refractivity contribution in [3.8, 4) is 17.4 Å². The predicted octanol–water partition coefficient (Wildman–Crippen LogP) is 1.50. The van der Waals surface area contributed by atoms with E-state index in [2.05, 4.69) is 15.0 Å². The van der Waals surface area contributed by atoms with Crippen LogP contribution in [0.1, 0.15) is 5.56 Å². The van der Waals surface area contributed by atoms with Crippen LogP contribution in [0.15, 0.2) is 23.1 Å². The Labute approximate surface area is 95.8 Å². The van der Waals surface area contributed by atoms with E-state index in [1.54, 1.807) is 12.1 Å². The molecule has 0 saturated carbocycles. The van der Waals surface area contributed by atoms with Crippen LogP contribution in [0.5, 0.6) is 5.88 Å². The Bertz CT molecular complexity index is 578. The molecule has 0 spiro atoms. The van der Waals surface area contributed by atoms with Crippen molar-refractivity contribution in [1.29, 1.82) is 0 Å². The maximum atomic E-state index is 11.4. The zero-order valence-corrected chi connectivity index (χ0v) is 9.12. The van der Waals surface area contributed by atoms with E-state index in [4.69, 9.17) is 11.6 Å². The lowest BCUT2D eigenvalue weighted by Gasteiger charge is -2.02. The normalized spacial score (nSPS) is 10.4. The van der Waals surface area contributed by atoms with Gasteiger partial charge < -0.3 is 10.1 Å². The number of aromatic nitrogens is 3. The van der Waals surface area contributed by atoms with E-state index in [0.717, 1.165) is 0 Å². The highest BCUT2D eigenvalue weighted by molar-refractivity contribution is 6.30. The summed E-state index contributed by atoms with van der Waals surface area (Å²) < 4.78 is 0. The largest absolute Gasteiger partial charge is 0.493 e. The van der Waals surface area contributed by atoms with Crippen molar-refractivity contribution < 1.29 is 5.11 Å². The lowest BCUT2D eigenvalue weighted by molar-refractivity contribution is 0.447. The Kier molecular flexibility index (Phi) is 2.62. The molecule has 5 nitrogen and oxygen atoms in total. The quantitative estimate of drug-likeness (QED) is 0.788. The second-order valence-corrected chi connectivity index (χ2v) is 3.66. The lowest BCUT2D eigenvalue weighted by Crippen LogP contribution is -2.12. The third kappa shape index (κ3) is 1.90. The molecule has 6 heteroatoms. The predicted molar refractivity (Wildman–Crippen MR) is 59.5 cm³/mol. The van der Waals surface area contributed by atoms with Gasteiger partial charge in [-0.1, -0.05) is 11.6 Å². The summed E-state index contributed by atoms with van der Waals surface area (Å²) in [6.07, 6.45) is 1.44. The van der Waals surface area contributed by atoms with Crippen LogP contribution >= 0.6 is 11.6 Å². The first-order valence-corrected chi connectivity index (χ1v) is 4.87. The van der Waals surface area contributed by atoms with Crippen molar-refractivity contribution in [1.82, 2.24) is 15.0 Å². The van der Waals surface area contributed by atoms with E-state index in [0.29, 0.717) is 10.7 Å². The van der Waals surface area contributed by atoms with Crippen LogP contribution in [0.3, 0.4) is 0 Å². The molecule has 0 atom stereocenters. The summed E-state index contributed by atoms with van der Waals surface area (Å²) in [7, 11) is 0. The maximum absolute atomic E-state index is 11.4. The van der Waals surface area contributed by atoms with Crippen LogP contribution in [0.25, 0.3) is 11.5 Å². The van der Waals surface area contributed by atoms with Gasteiger partial charge in [-0.3, -0.25) is 9.78 Å². The fourth-order valence-electron chi connectivity index (χ4n) is 1.16. The van der Waals surface area contributed by atoms with Crippen molar-refractivity contribution in [3.05, 3.63) is 39.3 Å². The zero-order valence-electron chi connectivity index (χ0n) is 8.36. The fourth-order valence-corrected chi connectivity index (χ4v) is 1.27. The molecular formula is C10H8ClN3O2. The molecule has 0 aromatic carbocycles. The Morgan fingerprint density at radius 2 is 2.19 bits per heavy atom. The molecule has 0 aliphatic heterocycles. The molecular weight excluding hydrogens is 230 g/mol. The minimum atomic E-state index is -0.390.